The lowest BCUT2D eigenvalue weighted by Gasteiger charge is -2.05. The second-order valence-electron chi connectivity index (χ2n) is 3.83. The van der Waals surface area contributed by atoms with Gasteiger partial charge in [0.1, 0.15) is 5.82 Å². The van der Waals surface area contributed by atoms with Crippen LogP contribution < -0.4 is 11.5 Å². The van der Waals surface area contributed by atoms with Crippen LogP contribution in [0.5, 0.6) is 0 Å². The monoisotopic (exact) mass is 230 g/mol. The van der Waals surface area contributed by atoms with Crippen LogP contribution in [0.25, 0.3) is 11.4 Å². The maximum absolute atomic E-state index is 10.8. The normalized spacial score (nSPS) is 12.3. The Morgan fingerprint density at radius 2 is 2.06 bits per heavy atom. The molecule has 0 saturated carbocycles. The van der Waals surface area contributed by atoms with Crippen LogP contribution in [-0.2, 0) is 4.79 Å². The molecule has 17 heavy (non-hydrogen) atoms. The molecule has 5 N–H and O–H groups in total. The molecule has 0 spiro atoms. The molecule has 0 aliphatic rings. The Hall–Kier alpha value is -2.14. The number of carbonyl (C=O) groups excluding carboxylic acids is 1. The van der Waals surface area contributed by atoms with Crippen LogP contribution >= 0.6 is 0 Å². The largest absolute Gasteiger partial charge is 0.370 e. The van der Waals surface area contributed by atoms with Gasteiger partial charge in [0.15, 0.2) is 0 Å². The van der Waals surface area contributed by atoms with Gasteiger partial charge < -0.3 is 16.5 Å². The van der Waals surface area contributed by atoms with Crippen LogP contribution in [0.3, 0.4) is 0 Å². The summed E-state index contributed by atoms with van der Waals surface area (Å²) in [6, 6.07) is 9.26. The summed E-state index contributed by atoms with van der Waals surface area (Å²) in [4.78, 5) is 18.1. The number of amides is 1. The number of aromatic nitrogens is 2. The van der Waals surface area contributed by atoms with E-state index in [0.717, 1.165) is 11.4 Å². The number of benzene rings is 1. The molecule has 88 valence electrons. The second-order valence-corrected chi connectivity index (χ2v) is 3.83. The van der Waals surface area contributed by atoms with Gasteiger partial charge >= 0.3 is 0 Å². The summed E-state index contributed by atoms with van der Waals surface area (Å²) in [5.74, 6) is 0.314. The zero-order chi connectivity index (χ0) is 12.3. The van der Waals surface area contributed by atoms with Crippen molar-refractivity contribution in [2.75, 3.05) is 0 Å². The molecule has 0 radical (unpaired) electrons. The quantitative estimate of drug-likeness (QED) is 0.729. The van der Waals surface area contributed by atoms with Crippen LogP contribution in [0.2, 0.25) is 0 Å². The summed E-state index contributed by atoms with van der Waals surface area (Å²) < 4.78 is 0. The number of nitrogens with two attached hydrogens (primary N) is 2. The molecular weight excluding hydrogens is 216 g/mol. The van der Waals surface area contributed by atoms with E-state index >= 15 is 0 Å². The fraction of sp³-hybridized carbons (Fsp3) is 0.167. The van der Waals surface area contributed by atoms with E-state index in [9.17, 15) is 4.79 Å². The molecular formula is C12H14N4O. The van der Waals surface area contributed by atoms with Crippen molar-refractivity contribution in [2.24, 2.45) is 11.5 Å². The molecule has 2 aromatic rings. The number of hydrogen-bond donors (Lipinski definition) is 3. The Balaban J connectivity index is 2.19. The number of carbonyl (C=O) groups is 1. The number of nitrogens with zero attached hydrogens (tertiary/aromatic N) is 1. The molecule has 0 fully saturated rings. The number of H-pyrrole nitrogens is 1. The van der Waals surface area contributed by atoms with Crippen LogP contribution in [-0.4, -0.2) is 15.9 Å². The third kappa shape index (κ3) is 2.70. The number of primary amides is 1. The first-order valence-electron chi connectivity index (χ1n) is 5.31. The summed E-state index contributed by atoms with van der Waals surface area (Å²) in [5, 5.41) is 0. The van der Waals surface area contributed by atoms with Crippen molar-refractivity contribution in [2.45, 2.75) is 12.5 Å². The van der Waals surface area contributed by atoms with Crippen LogP contribution in [0.4, 0.5) is 0 Å². The van der Waals surface area contributed by atoms with Gasteiger partial charge in [0.2, 0.25) is 5.91 Å². The van der Waals surface area contributed by atoms with E-state index in [1.54, 1.807) is 6.20 Å². The van der Waals surface area contributed by atoms with Crippen LogP contribution in [0, 0.1) is 0 Å². The number of aromatic amines is 1. The van der Waals surface area contributed by atoms with Crippen molar-refractivity contribution in [3.63, 3.8) is 0 Å². The molecule has 1 aromatic heterocycles. The molecule has 0 bridgehead atoms. The first kappa shape index (κ1) is 11.3. The van der Waals surface area contributed by atoms with Crippen molar-refractivity contribution in [1.82, 2.24) is 9.97 Å². The SMILES string of the molecule is NC(=O)CC(N)c1cnc(-c2ccccc2)[nH]1. The third-order valence-corrected chi connectivity index (χ3v) is 2.46. The third-order valence-electron chi connectivity index (χ3n) is 2.46. The molecule has 0 aliphatic heterocycles. The molecule has 1 amide bonds. The first-order valence-corrected chi connectivity index (χ1v) is 5.31. The van der Waals surface area contributed by atoms with E-state index in [4.69, 9.17) is 11.5 Å². The summed E-state index contributed by atoms with van der Waals surface area (Å²) >= 11 is 0. The fourth-order valence-corrected chi connectivity index (χ4v) is 1.59. The van der Waals surface area contributed by atoms with Crippen molar-refractivity contribution in [1.29, 1.82) is 0 Å². The van der Waals surface area contributed by atoms with Gasteiger partial charge in [-0.15, -0.1) is 0 Å². The van der Waals surface area contributed by atoms with Gasteiger partial charge in [0.05, 0.1) is 17.9 Å². The van der Waals surface area contributed by atoms with Crippen molar-refractivity contribution in [3.8, 4) is 11.4 Å². The van der Waals surface area contributed by atoms with Gasteiger partial charge in [-0.25, -0.2) is 4.98 Å². The van der Waals surface area contributed by atoms with Gasteiger partial charge in [-0.05, 0) is 0 Å². The number of hydrogen-bond acceptors (Lipinski definition) is 3. The Bertz CT molecular complexity index is 506. The predicted octanol–water partition coefficient (Wildman–Crippen LogP) is 0.952. The van der Waals surface area contributed by atoms with E-state index in [-0.39, 0.29) is 6.42 Å². The Kier molecular flexibility index (Phi) is 3.20. The highest BCUT2D eigenvalue weighted by atomic mass is 16.1. The first-order chi connectivity index (χ1) is 8.16. The lowest BCUT2D eigenvalue weighted by atomic mass is 10.1. The summed E-state index contributed by atoms with van der Waals surface area (Å²) in [6.07, 6.45) is 1.74. The minimum atomic E-state index is -0.433. The van der Waals surface area contributed by atoms with Crippen LogP contribution in [0.15, 0.2) is 36.5 Å². The van der Waals surface area contributed by atoms with Crippen molar-refractivity contribution in [3.05, 3.63) is 42.2 Å². The minimum Gasteiger partial charge on any atom is -0.370 e. The second kappa shape index (κ2) is 4.80. The van der Waals surface area contributed by atoms with Gasteiger partial charge in [-0.2, -0.15) is 0 Å². The molecule has 5 nitrogen and oxygen atoms in total. The van der Waals surface area contributed by atoms with Crippen molar-refractivity contribution < 1.29 is 4.79 Å². The van der Waals surface area contributed by atoms with E-state index in [1.165, 1.54) is 0 Å². The highest BCUT2D eigenvalue weighted by molar-refractivity contribution is 5.74. The summed E-state index contributed by atoms with van der Waals surface area (Å²) in [5.41, 5.74) is 12.6. The zero-order valence-corrected chi connectivity index (χ0v) is 9.26. The highest BCUT2D eigenvalue weighted by Crippen LogP contribution is 2.18. The maximum atomic E-state index is 10.8. The molecule has 0 aliphatic carbocycles. The summed E-state index contributed by atoms with van der Waals surface area (Å²) in [6.45, 7) is 0. The molecule has 1 heterocycles. The number of rotatable bonds is 4. The lowest BCUT2D eigenvalue weighted by molar-refractivity contribution is -0.118. The molecule has 1 atom stereocenters. The topological polar surface area (TPSA) is 97.8 Å². The highest BCUT2D eigenvalue weighted by Gasteiger charge is 2.12. The lowest BCUT2D eigenvalue weighted by Crippen LogP contribution is -2.20. The predicted molar refractivity (Wildman–Crippen MR) is 64.8 cm³/mol. The Labute approximate surface area is 98.9 Å². The van der Waals surface area contributed by atoms with E-state index in [1.807, 2.05) is 30.3 Å². The van der Waals surface area contributed by atoms with Crippen molar-refractivity contribution >= 4 is 5.91 Å². The van der Waals surface area contributed by atoms with E-state index in [0.29, 0.717) is 5.69 Å². The maximum Gasteiger partial charge on any atom is 0.219 e. The van der Waals surface area contributed by atoms with Gasteiger partial charge in [0, 0.05) is 12.0 Å². The molecule has 1 aromatic carbocycles. The average molecular weight is 230 g/mol. The Morgan fingerprint density at radius 3 is 2.71 bits per heavy atom. The molecule has 1 unspecified atom stereocenters. The van der Waals surface area contributed by atoms with Gasteiger partial charge in [0.25, 0.3) is 0 Å². The smallest absolute Gasteiger partial charge is 0.219 e. The fourth-order valence-electron chi connectivity index (χ4n) is 1.59. The average Bonchev–Trinajstić information content (AvgIpc) is 2.78. The zero-order valence-electron chi connectivity index (χ0n) is 9.26. The molecule has 5 heteroatoms. The Morgan fingerprint density at radius 1 is 1.35 bits per heavy atom. The van der Waals surface area contributed by atoms with Gasteiger partial charge in [-0.1, -0.05) is 30.3 Å². The minimum absolute atomic E-state index is 0.108. The standard InChI is InChI=1S/C12H14N4O/c13-9(6-11(14)17)10-7-15-12(16-10)8-4-2-1-3-5-8/h1-5,7,9H,6,13H2,(H2,14,17)(H,15,16). The molecule has 2 rings (SSSR count). The number of imidazole rings is 1. The summed E-state index contributed by atoms with van der Waals surface area (Å²) in [7, 11) is 0. The van der Waals surface area contributed by atoms with Gasteiger partial charge in [-0.3, -0.25) is 4.79 Å². The van der Waals surface area contributed by atoms with E-state index < -0.39 is 11.9 Å². The van der Waals surface area contributed by atoms with Crippen LogP contribution in [0.1, 0.15) is 18.2 Å². The van der Waals surface area contributed by atoms with E-state index in [2.05, 4.69) is 9.97 Å². The number of nitrogens with one attached hydrogen (secondary N) is 1. The molecule has 0 saturated heterocycles.